The molecular weight excluding hydrogens is 288 g/mol. The monoisotopic (exact) mass is 308 g/mol. The highest BCUT2D eigenvalue weighted by atomic mass is 79.9. The summed E-state index contributed by atoms with van der Waals surface area (Å²) in [6, 6.07) is 6.58. The largest absolute Gasteiger partial charge is 0.298 e. The van der Waals surface area contributed by atoms with Crippen molar-refractivity contribution in [1.82, 2.24) is 0 Å². The fourth-order valence-corrected chi connectivity index (χ4v) is 3.34. The molecule has 0 amide bonds. The lowest BCUT2D eigenvalue weighted by atomic mass is 9.86. The molecule has 0 spiro atoms. The van der Waals surface area contributed by atoms with Crippen molar-refractivity contribution >= 4 is 21.7 Å². The Bertz CT molecular complexity index is 425. The summed E-state index contributed by atoms with van der Waals surface area (Å²) in [5.41, 5.74) is 4.39. The Morgan fingerprint density at radius 3 is 2.89 bits per heavy atom. The zero-order valence-electron chi connectivity index (χ0n) is 11.0. The first-order chi connectivity index (χ1) is 8.72. The second-order valence-electron chi connectivity index (χ2n) is 5.15. The van der Waals surface area contributed by atoms with Crippen LogP contribution in [0.5, 0.6) is 0 Å². The van der Waals surface area contributed by atoms with Gasteiger partial charge in [0, 0.05) is 6.42 Å². The number of hydrogen-bond donors (Lipinski definition) is 0. The standard InChI is InChI=1S/C16H21BrO/c1-2-6-16(18)15(17)11-13-9-5-8-12-7-3-4-10-14(12)13/h5,8-9,15H,2-4,6-7,10-11H2,1H3. The van der Waals surface area contributed by atoms with Gasteiger partial charge in [-0.15, -0.1) is 0 Å². The van der Waals surface area contributed by atoms with Gasteiger partial charge in [-0.25, -0.2) is 0 Å². The maximum absolute atomic E-state index is 11.9. The second kappa shape index (κ2) is 6.51. The number of Topliss-reactive ketones (excluding diaryl/α,β-unsaturated/α-hetero) is 1. The van der Waals surface area contributed by atoms with Crippen molar-refractivity contribution in [3.05, 3.63) is 34.9 Å². The molecule has 1 nitrogen and oxygen atoms in total. The molecule has 1 aromatic rings. The van der Waals surface area contributed by atoms with Crippen LogP contribution in [-0.2, 0) is 24.1 Å². The minimum absolute atomic E-state index is 0.00845. The van der Waals surface area contributed by atoms with E-state index in [9.17, 15) is 4.79 Å². The molecule has 2 heteroatoms. The summed E-state index contributed by atoms with van der Waals surface area (Å²) in [7, 11) is 0. The minimum atomic E-state index is -0.00845. The highest BCUT2D eigenvalue weighted by Gasteiger charge is 2.18. The van der Waals surface area contributed by atoms with E-state index in [2.05, 4.69) is 41.1 Å². The molecule has 0 N–H and O–H groups in total. The van der Waals surface area contributed by atoms with Gasteiger partial charge in [-0.05, 0) is 55.2 Å². The molecular formula is C16H21BrO. The lowest BCUT2D eigenvalue weighted by Crippen LogP contribution is -2.18. The molecule has 98 valence electrons. The SMILES string of the molecule is CCCC(=O)C(Br)Cc1cccc2c1CCCC2. The van der Waals surface area contributed by atoms with E-state index in [1.807, 2.05) is 0 Å². The second-order valence-corrected chi connectivity index (χ2v) is 6.26. The van der Waals surface area contributed by atoms with Crippen molar-refractivity contribution < 1.29 is 4.79 Å². The first-order valence-corrected chi connectivity index (χ1v) is 7.90. The molecule has 1 atom stereocenters. The van der Waals surface area contributed by atoms with Gasteiger partial charge in [0.15, 0.2) is 0 Å². The fraction of sp³-hybridized carbons (Fsp3) is 0.562. The number of fused-ring (bicyclic) bond motifs is 1. The lowest BCUT2D eigenvalue weighted by Gasteiger charge is -2.20. The number of benzene rings is 1. The molecule has 2 rings (SSSR count). The van der Waals surface area contributed by atoms with E-state index >= 15 is 0 Å². The van der Waals surface area contributed by atoms with Gasteiger partial charge in [-0.1, -0.05) is 41.1 Å². The summed E-state index contributed by atoms with van der Waals surface area (Å²) < 4.78 is 0. The maximum atomic E-state index is 11.9. The van der Waals surface area contributed by atoms with Crippen LogP contribution in [0.4, 0.5) is 0 Å². The zero-order valence-corrected chi connectivity index (χ0v) is 12.6. The number of carbonyl (C=O) groups is 1. The number of rotatable bonds is 5. The molecule has 1 aromatic carbocycles. The van der Waals surface area contributed by atoms with Crippen LogP contribution in [0, 0.1) is 0 Å². The van der Waals surface area contributed by atoms with E-state index in [4.69, 9.17) is 0 Å². The predicted octanol–water partition coefficient (Wildman–Crippen LogP) is 4.24. The van der Waals surface area contributed by atoms with Crippen LogP contribution in [0.1, 0.15) is 49.3 Å². The van der Waals surface area contributed by atoms with Gasteiger partial charge in [0.25, 0.3) is 0 Å². The molecule has 0 bridgehead atoms. The molecule has 0 aliphatic heterocycles. The van der Waals surface area contributed by atoms with Gasteiger partial charge in [-0.3, -0.25) is 4.79 Å². The summed E-state index contributed by atoms with van der Waals surface area (Å²) in [5, 5.41) is 0. The van der Waals surface area contributed by atoms with Crippen molar-refractivity contribution in [2.45, 2.75) is 56.7 Å². The van der Waals surface area contributed by atoms with Gasteiger partial charge in [0.2, 0.25) is 0 Å². The van der Waals surface area contributed by atoms with Gasteiger partial charge >= 0.3 is 0 Å². The third kappa shape index (κ3) is 3.23. The van der Waals surface area contributed by atoms with Crippen molar-refractivity contribution in [2.75, 3.05) is 0 Å². The van der Waals surface area contributed by atoms with Crippen LogP contribution in [0.2, 0.25) is 0 Å². The predicted molar refractivity (Wildman–Crippen MR) is 79.4 cm³/mol. The van der Waals surface area contributed by atoms with E-state index < -0.39 is 0 Å². The molecule has 1 unspecified atom stereocenters. The van der Waals surface area contributed by atoms with Crippen LogP contribution in [0.15, 0.2) is 18.2 Å². The molecule has 0 radical (unpaired) electrons. The quantitative estimate of drug-likeness (QED) is 0.744. The summed E-state index contributed by atoms with van der Waals surface area (Å²) in [4.78, 5) is 11.9. The van der Waals surface area contributed by atoms with Gasteiger partial charge < -0.3 is 0 Å². The zero-order chi connectivity index (χ0) is 13.0. The molecule has 0 aromatic heterocycles. The van der Waals surface area contributed by atoms with Crippen molar-refractivity contribution in [3.63, 3.8) is 0 Å². The third-order valence-corrected chi connectivity index (χ3v) is 4.57. The smallest absolute Gasteiger partial charge is 0.146 e. The molecule has 0 fully saturated rings. The van der Waals surface area contributed by atoms with E-state index in [0.717, 1.165) is 12.8 Å². The minimum Gasteiger partial charge on any atom is -0.298 e. The molecule has 1 aliphatic rings. The van der Waals surface area contributed by atoms with E-state index in [1.165, 1.54) is 42.4 Å². The van der Waals surface area contributed by atoms with E-state index in [1.54, 1.807) is 0 Å². The molecule has 1 aliphatic carbocycles. The molecule has 0 heterocycles. The summed E-state index contributed by atoms with van der Waals surface area (Å²) in [6.45, 7) is 2.06. The third-order valence-electron chi connectivity index (χ3n) is 3.74. The Hall–Kier alpha value is -0.630. The summed E-state index contributed by atoms with van der Waals surface area (Å²) >= 11 is 3.56. The first kappa shape index (κ1) is 13.8. The van der Waals surface area contributed by atoms with Crippen LogP contribution < -0.4 is 0 Å². The highest BCUT2D eigenvalue weighted by molar-refractivity contribution is 9.10. The highest BCUT2D eigenvalue weighted by Crippen LogP contribution is 2.26. The van der Waals surface area contributed by atoms with Crippen molar-refractivity contribution in [3.8, 4) is 0 Å². The van der Waals surface area contributed by atoms with Crippen LogP contribution in [0.3, 0.4) is 0 Å². The Balaban J connectivity index is 2.11. The summed E-state index contributed by atoms with van der Waals surface area (Å²) in [6.07, 6.45) is 7.47. The molecule has 0 saturated heterocycles. The van der Waals surface area contributed by atoms with E-state index in [-0.39, 0.29) is 4.83 Å². The Morgan fingerprint density at radius 1 is 1.33 bits per heavy atom. The number of hydrogen-bond acceptors (Lipinski definition) is 1. The van der Waals surface area contributed by atoms with Crippen molar-refractivity contribution in [2.24, 2.45) is 0 Å². The van der Waals surface area contributed by atoms with Crippen LogP contribution >= 0.6 is 15.9 Å². The topological polar surface area (TPSA) is 17.1 Å². The molecule has 18 heavy (non-hydrogen) atoms. The number of carbonyl (C=O) groups excluding carboxylic acids is 1. The average Bonchev–Trinajstić information content (AvgIpc) is 2.39. The number of halogens is 1. The molecule has 0 saturated carbocycles. The van der Waals surface area contributed by atoms with Gasteiger partial charge in [0.1, 0.15) is 5.78 Å². The first-order valence-electron chi connectivity index (χ1n) is 6.98. The Kier molecular flexibility index (Phi) is 4.99. The number of alkyl halides is 1. The number of ketones is 1. The van der Waals surface area contributed by atoms with Crippen LogP contribution in [-0.4, -0.2) is 10.6 Å². The number of aryl methyl sites for hydroxylation is 1. The van der Waals surface area contributed by atoms with E-state index in [0.29, 0.717) is 12.2 Å². The Labute approximate surface area is 118 Å². The summed E-state index contributed by atoms with van der Waals surface area (Å²) in [5.74, 6) is 0.339. The van der Waals surface area contributed by atoms with Gasteiger partial charge in [0.05, 0.1) is 4.83 Å². The fourth-order valence-electron chi connectivity index (χ4n) is 2.76. The Morgan fingerprint density at radius 2 is 2.11 bits per heavy atom. The lowest BCUT2D eigenvalue weighted by molar-refractivity contribution is -0.118. The maximum Gasteiger partial charge on any atom is 0.146 e. The van der Waals surface area contributed by atoms with Crippen LogP contribution in [0.25, 0.3) is 0 Å². The average molecular weight is 309 g/mol. The normalized spacial score (nSPS) is 16.1. The van der Waals surface area contributed by atoms with Gasteiger partial charge in [-0.2, -0.15) is 0 Å². The van der Waals surface area contributed by atoms with Crippen molar-refractivity contribution in [1.29, 1.82) is 0 Å².